The van der Waals surface area contributed by atoms with E-state index in [2.05, 4.69) is 11.0 Å². The van der Waals surface area contributed by atoms with Gasteiger partial charge in [-0.05, 0) is 51.0 Å². The summed E-state index contributed by atoms with van der Waals surface area (Å²) in [6, 6.07) is 4.00. The van der Waals surface area contributed by atoms with Gasteiger partial charge < -0.3 is 0 Å². The third kappa shape index (κ3) is 1.66. The van der Waals surface area contributed by atoms with Gasteiger partial charge in [-0.3, -0.25) is 4.90 Å². The zero-order chi connectivity index (χ0) is 11.0. The van der Waals surface area contributed by atoms with Gasteiger partial charge in [0.05, 0.1) is 12.0 Å². The van der Waals surface area contributed by atoms with Crippen LogP contribution in [0.15, 0.2) is 0 Å². The van der Waals surface area contributed by atoms with Gasteiger partial charge >= 0.3 is 0 Å². The molecule has 0 aromatic rings. The number of nitriles is 1. The lowest BCUT2D eigenvalue weighted by atomic mass is 9.89. The van der Waals surface area contributed by atoms with Crippen molar-refractivity contribution in [3.05, 3.63) is 0 Å². The minimum Gasteiger partial charge on any atom is -0.296 e. The highest BCUT2D eigenvalue weighted by Gasteiger charge is 2.41. The fraction of sp³-hybridized carbons (Fsp3) is 0.929. The van der Waals surface area contributed by atoms with Crippen LogP contribution in [0.5, 0.6) is 0 Å². The molecule has 0 aromatic carbocycles. The molecule has 4 unspecified atom stereocenters. The van der Waals surface area contributed by atoms with E-state index < -0.39 is 0 Å². The van der Waals surface area contributed by atoms with Crippen LogP contribution >= 0.6 is 0 Å². The van der Waals surface area contributed by atoms with Crippen LogP contribution in [-0.4, -0.2) is 23.5 Å². The number of rotatable bonds is 1. The molecule has 2 aliphatic carbocycles. The molecule has 0 radical (unpaired) electrons. The Morgan fingerprint density at radius 2 is 1.62 bits per heavy atom. The summed E-state index contributed by atoms with van der Waals surface area (Å²) in [4.78, 5) is 2.74. The standard InChI is InChI=1S/C14H22N2/c15-10-12-5-2-8-14(12)16-9-3-6-11-4-1-7-13(11)16/h11-14H,1-9H2. The molecule has 3 aliphatic rings. The molecule has 2 heteroatoms. The first-order valence-electron chi connectivity index (χ1n) is 7.05. The van der Waals surface area contributed by atoms with E-state index in [1.807, 2.05) is 0 Å². The van der Waals surface area contributed by atoms with Gasteiger partial charge in [0.15, 0.2) is 0 Å². The van der Waals surface area contributed by atoms with Gasteiger partial charge in [0, 0.05) is 12.1 Å². The molecule has 16 heavy (non-hydrogen) atoms. The number of fused-ring (bicyclic) bond motifs is 1. The highest BCUT2D eigenvalue weighted by atomic mass is 15.2. The van der Waals surface area contributed by atoms with E-state index in [1.165, 1.54) is 51.5 Å². The lowest BCUT2D eigenvalue weighted by molar-refractivity contribution is 0.0589. The van der Waals surface area contributed by atoms with Gasteiger partial charge in [0.1, 0.15) is 0 Å². The molecule has 1 saturated heterocycles. The average molecular weight is 218 g/mol. The van der Waals surface area contributed by atoms with Crippen LogP contribution in [0, 0.1) is 23.2 Å². The molecule has 2 nitrogen and oxygen atoms in total. The number of hydrogen-bond donors (Lipinski definition) is 0. The van der Waals surface area contributed by atoms with Crippen molar-refractivity contribution >= 4 is 0 Å². The van der Waals surface area contributed by atoms with Gasteiger partial charge in [0.2, 0.25) is 0 Å². The van der Waals surface area contributed by atoms with E-state index in [4.69, 9.17) is 0 Å². The first-order valence-corrected chi connectivity index (χ1v) is 7.05. The highest BCUT2D eigenvalue weighted by Crippen LogP contribution is 2.41. The zero-order valence-corrected chi connectivity index (χ0v) is 10.1. The number of hydrogen-bond acceptors (Lipinski definition) is 2. The second kappa shape index (κ2) is 4.37. The molecule has 1 aliphatic heterocycles. The van der Waals surface area contributed by atoms with Crippen molar-refractivity contribution in [1.82, 2.24) is 4.90 Å². The molecular formula is C14H22N2. The van der Waals surface area contributed by atoms with E-state index in [1.54, 1.807) is 0 Å². The van der Waals surface area contributed by atoms with E-state index >= 15 is 0 Å². The largest absolute Gasteiger partial charge is 0.296 e. The van der Waals surface area contributed by atoms with Crippen LogP contribution in [-0.2, 0) is 0 Å². The topological polar surface area (TPSA) is 27.0 Å². The van der Waals surface area contributed by atoms with Gasteiger partial charge in [-0.2, -0.15) is 5.26 Å². The van der Waals surface area contributed by atoms with Crippen molar-refractivity contribution in [3.63, 3.8) is 0 Å². The molecule has 1 heterocycles. The molecular weight excluding hydrogens is 196 g/mol. The van der Waals surface area contributed by atoms with Gasteiger partial charge in [0.25, 0.3) is 0 Å². The van der Waals surface area contributed by atoms with E-state index in [0.29, 0.717) is 12.0 Å². The maximum atomic E-state index is 9.23. The quantitative estimate of drug-likeness (QED) is 0.676. The highest BCUT2D eigenvalue weighted by molar-refractivity contribution is 5.01. The molecule has 4 atom stereocenters. The first-order chi connectivity index (χ1) is 7.90. The van der Waals surface area contributed by atoms with Crippen LogP contribution in [0.25, 0.3) is 0 Å². The summed E-state index contributed by atoms with van der Waals surface area (Å²) in [6.07, 6.45) is 10.8. The Kier molecular flexibility index (Phi) is 2.90. The molecule has 0 bridgehead atoms. The molecule has 0 aromatic heterocycles. The SMILES string of the molecule is N#CC1CCCC1N1CCCC2CCCC21. The normalized spacial score (nSPS) is 44.2. The number of piperidine rings is 1. The summed E-state index contributed by atoms with van der Waals surface area (Å²) >= 11 is 0. The smallest absolute Gasteiger partial charge is 0.0672 e. The van der Waals surface area contributed by atoms with Crippen molar-refractivity contribution in [3.8, 4) is 6.07 Å². The second-order valence-electron chi connectivity index (χ2n) is 5.87. The second-order valence-corrected chi connectivity index (χ2v) is 5.87. The van der Waals surface area contributed by atoms with Crippen LogP contribution in [0.4, 0.5) is 0 Å². The predicted octanol–water partition coefficient (Wildman–Crippen LogP) is 2.94. The lowest BCUT2D eigenvalue weighted by Gasteiger charge is -2.42. The Bertz CT molecular complexity index is 294. The van der Waals surface area contributed by atoms with Gasteiger partial charge in [-0.15, -0.1) is 0 Å². The minimum absolute atomic E-state index is 0.333. The Morgan fingerprint density at radius 3 is 2.50 bits per heavy atom. The van der Waals surface area contributed by atoms with Crippen molar-refractivity contribution in [1.29, 1.82) is 5.26 Å². The Balaban J connectivity index is 1.75. The molecule has 0 N–H and O–H groups in total. The van der Waals surface area contributed by atoms with Crippen LogP contribution < -0.4 is 0 Å². The Labute approximate surface area is 98.6 Å². The molecule has 3 rings (SSSR count). The van der Waals surface area contributed by atoms with Crippen molar-refractivity contribution < 1.29 is 0 Å². The Hall–Kier alpha value is -0.550. The summed E-state index contributed by atoms with van der Waals surface area (Å²) in [6.45, 7) is 1.27. The zero-order valence-electron chi connectivity index (χ0n) is 10.1. The minimum atomic E-state index is 0.333. The van der Waals surface area contributed by atoms with E-state index in [0.717, 1.165) is 18.4 Å². The average Bonchev–Trinajstić information content (AvgIpc) is 2.96. The van der Waals surface area contributed by atoms with E-state index in [9.17, 15) is 5.26 Å². The predicted molar refractivity (Wildman–Crippen MR) is 63.8 cm³/mol. The maximum Gasteiger partial charge on any atom is 0.0672 e. The van der Waals surface area contributed by atoms with Crippen molar-refractivity contribution in [2.45, 2.75) is 63.5 Å². The molecule has 0 spiro atoms. The lowest BCUT2D eigenvalue weighted by Crippen LogP contribution is -2.49. The summed E-state index contributed by atoms with van der Waals surface area (Å²) in [5, 5.41) is 9.23. The maximum absolute atomic E-state index is 9.23. The van der Waals surface area contributed by atoms with Crippen LogP contribution in [0.2, 0.25) is 0 Å². The third-order valence-electron chi connectivity index (χ3n) is 5.11. The van der Waals surface area contributed by atoms with Crippen LogP contribution in [0.3, 0.4) is 0 Å². The van der Waals surface area contributed by atoms with Gasteiger partial charge in [-0.1, -0.05) is 12.8 Å². The first kappa shape index (κ1) is 10.6. The van der Waals surface area contributed by atoms with Crippen LogP contribution in [0.1, 0.15) is 51.4 Å². The molecule has 2 saturated carbocycles. The number of likely N-dealkylation sites (tertiary alicyclic amines) is 1. The van der Waals surface area contributed by atoms with Crippen molar-refractivity contribution in [2.75, 3.05) is 6.54 Å². The fourth-order valence-corrected chi connectivity index (χ4v) is 4.39. The third-order valence-corrected chi connectivity index (χ3v) is 5.11. The summed E-state index contributed by atoms with van der Waals surface area (Å²) < 4.78 is 0. The summed E-state index contributed by atoms with van der Waals surface area (Å²) in [7, 11) is 0. The van der Waals surface area contributed by atoms with Crippen molar-refractivity contribution in [2.24, 2.45) is 11.8 Å². The molecule has 88 valence electrons. The number of nitrogens with zero attached hydrogens (tertiary/aromatic N) is 2. The molecule has 3 fully saturated rings. The van der Waals surface area contributed by atoms with Gasteiger partial charge in [-0.25, -0.2) is 0 Å². The Morgan fingerprint density at radius 1 is 0.875 bits per heavy atom. The monoisotopic (exact) mass is 218 g/mol. The summed E-state index contributed by atoms with van der Waals surface area (Å²) in [5.74, 6) is 1.30. The molecule has 0 amide bonds. The van der Waals surface area contributed by atoms with E-state index in [-0.39, 0.29) is 0 Å². The summed E-state index contributed by atoms with van der Waals surface area (Å²) in [5.41, 5.74) is 0. The fourth-order valence-electron chi connectivity index (χ4n) is 4.39.